The summed E-state index contributed by atoms with van der Waals surface area (Å²) in [5.74, 6) is -1.58. The van der Waals surface area contributed by atoms with Crippen molar-refractivity contribution in [2.24, 2.45) is 0 Å². The molecule has 0 saturated heterocycles. The Hall–Kier alpha value is -3.11. The summed E-state index contributed by atoms with van der Waals surface area (Å²) in [6.45, 7) is 1.26. The van der Waals surface area contributed by atoms with Crippen molar-refractivity contribution in [3.63, 3.8) is 0 Å². The Morgan fingerprint density at radius 1 is 0.879 bits per heavy atom. The van der Waals surface area contributed by atoms with Crippen molar-refractivity contribution >= 4 is 40.7 Å². The zero-order chi connectivity index (χ0) is 24.6. The van der Waals surface area contributed by atoms with Crippen LogP contribution in [0.15, 0.2) is 48.5 Å². The Bertz CT molecular complexity index is 1000. The lowest BCUT2D eigenvalue weighted by Crippen LogP contribution is -2.44. The highest BCUT2D eigenvalue weighted by atomic mass is 35.5. The molecule has 0 radical (unpaired) electrons. The molecule has 0 atom stereocenters. The first-order valence-electron chi connectivity index (χ1n) is 9.98. The van der Waals surface area contributed by atoms with Crippen LogP contribution < -0.4 is 10.6 Å². The van der Waals surface area contributed by atoms with E-state index in [1.54, 1.807) is 31.2 Å². The SMILES string of the molecule is CCN(CC(=O)Nc1ccccc1C(F)(F)F)CC(=O)N(C)CC(=O)Nc1ccccc1Cl. The van der Waals surface area contributed by atoms with E-state index in [0.717, 1.165) is 12.1 Å². The van der Waals surface area contributed by atoms with Crippen LogP contribution in [-0.4, -0.2) is 60.7 Å². The zero-order valence-electron chi connectivity index (χ0n) is 18.1. The third-order valence-corrected chi connectivity index (χ3v) is 4.96. The van der Waals surface area contributed by atoms with Crippen molar-refractivity contribution in [3.05, 3.63) is 59.1 Å². The Morgan fingerprint density at radius 3 is 2.03 bits per heavy atom. The molecule has 0 aliphatic carbocycles. The van der Waals surface area contributed by atoms with E-state index in [9.17, 15) is 27.6 Å². The lowest BCUT2D eigenvalue weighted by Gasteiger charge is -2.23. The predicted molar refractivity (Wildman–Crippen MR) is 120 cm³/mol. The lowest BCUT2D eigenvalue weighted by atomic mass is 10.1. The van der Waals surface area contributed by atoms with Gasteiger partial charge in [0.25, 0.3) is 0 Å². The number of nitrogens with one attached hydrogen (secondary N) is 2. The molecule has 0 aromatic heterocycles. The molecule has 178 valence electrons. The third kappa shape index (κ3) is 8.07. The minimum Gasteiger partial charge on any atom is -0.335 e. The maximum Gasteiger partial charge on any atom is 0.418 e. The highest BCUT2D eigenvalue weighted by molar-refractivity contribution is 6.33. The number of rotatable bonds is 9. The molecule has 0 heterocycles. The van der Waals surface area contributed by atoms with Crippen LogP contribution in [0.4, 0.5) is 24.5 Å². The molecule has 7 nitrogen and oxygen atoms in total. The Kier molecular flexibility index (Phi) is 9.24. The number of carbonyl (C=O) groups excluding carboxylic acids is 3. The van der Waals surface area contributed by atoms with Crippen LogP contribution in [0.5, 0.6) is 0 Å². The summed E-state index contributed by atoms with van der Waals surface area (Å²) in [4.78, 5) is 39.6. The van der Waals surface area contributed by atoms with E-state index in [0.29, 0.717) is 17.3 Å². The van der Waals surface area contributed by atoms with Gasteiger partial charge in [0.1, 0.15) is 0 Å². The van der Waals surface area contributed by atoms with Gasteiger partial charge in [0, 0.05) is 7.05 Å². The molecular formula is C22H24ClF3N4O3. The second-order valence-corrected chi connectivity index (χ2v) is 7.58. The van der Waals surface area contributed by atoms with Crippen molar-refractivity contribution in [2.45, 2.75) is 13.1 Å². The van der Waals surface area contributed by atoms with E-state index in [-0.39, 0.29) is 25.3 Å². The second kappa shape index (κ2) is 11.7. The first kappa shape index (κ1) is 26.1. The number of alkyl halides is 3. The molecule has 2 N–H and O–H groups in total. The number of halogens is 4. The number of benzene rings is 2. The van der Waals surface area contributed by atoms with E-state index in [1.165, 1.54) is 29.0 Å². The summed E-state index contributed by atoms with van der Waals surface area (Å²) in [7, 11) is 1.43. The molecule has 0 aliphatic heterocycles. The van der Waals surface area contributed by atoms with E-state index >= 15 is 0 Å². The predicted octanol–water partition coefficient (Wildman–Crippen LogP) is 3.72. The summed E-state index contributed by atoms with van der Waals surface area (Å²) in [5, 5.41) is 5.21. The van der Waals surface area contributed by atoms with Gasteiger partial charge in [0.05, 0.1) is 41.6 Å². The Labute approximate surface area is 194 Å². The van der Waals surface area contributed by atoms with Crippen LogP contribution in [-0.2, 0) is 20.6 Å². The second-order valence-electron chi connectivity index (χ2n) is 7.17. The zero-order valence-corrected chi connectivity index (χ0v) is 18.8. The largest absolute Gasteiger partial charge is 0.418 e. The quantitative estimate of drug-likeness (QED) is 0.568. The minimum absolute atomic E-state index is 0.194. The number of nitrogens with zero attached hydrogens (tertiary/aromatic N) is 2. The van der Waals surface area contributed by atoms with Crippen LogP contribution in [0.2, 0.25) is 5.02 Å². The first-order valence-corrected chi connectivity index (χ1v) is 10.4. The normalized spacial score (nSPS) is 11.2. The molecule has 0 bridgehead atoms. The molecule has 0 unspecified atom stereocenters. The van der Waals surface area contributed by atoms with Crippen LogP contribution in [0.25, 0.3) is 0 Å². The molecule has 33 heavy (non-hydrogen) atoms. The minimum atomic E-state index is -4.61. The third-order valence-electron chi connectivity index (χ3n) is 4.63. The molecule has 0 saturated carbocycles. The van der Waals surface area contributed by atoms with Crippen molar-refractivity contribution in [2.75, 3.05) is 43.9 Å². The van der Waals surface area contributed by atoms with Crippen LogP contribution in [0.3, 0.4) is 0 Å². The number of hydrogen-bond donors (Lipinski definition) is 2. The fourth-order valence-corrected chi connectivity index (χ4v) is 3.06. The fourth-order valence-electron chi connectivity index (χ4n) is 2.88. The number of carbonyl (C=O) groups is 3. The van der Waals surface area contributed by atoms with E-state index < -0.39 is 29.5 Å². The monoisotopic (exact) mass is 484 g/mol. The molecule has 3 amide bonds. The molecular weight excluding hydrogens is 461 g/mol. The van der Waals surface area contributed by atoms with Gasteiger partial charge in [0.15, 0.2) is 0 Å². The summed E-state index contributed by atoms with van der Waals surface area (Å²) in [6, 6.07) is 11.3. The van der Waals surface area contributed by atoms with Crippen molar-refractivity contribution in [1.29, 1.82) is 0 Å². The van der Waals surface area contributed by atoms with Gasteiger partial charge in [0.2, 0.25) is 17.7 Å². The van der Waals surface area contributed by atoms with Gasteiger partial charge in [-0.05, 0) is 30.8 Å². The summed E-state index contributed by atoms with van der Waals surface area (Å²) in [6.07, 6.45) is -4.61. The van der Waals surface area contributed by atoms with Crippen LogP contribution >= 0.6 is 11.6 Å². The molecule has 0 aliphatic rings. The van der Waals surface area contributed by atoms with Gasteiger partial charge in [-0.15, -0.1) is 0 Å². The average Bonchev–Trinajstić information content (AvgIpc) is 2.74. The van der Waals surface area contributed by atoms with Gasteiger partial charge in [-0.25, -0.2) is 0 Å². The van der Waals surface area contributed by atoms with E-state index in [1.807, 2.05) is 0 Å². The van der Waals surface area contributed by atoms with Crippen molar-refractivity contribution in [3.8, 4) is 0 Å². The summed E-state index contributed by atoms with van der Waals surface area (Å²) in [5.41, 5.74) is -0.900. The topological polar surface area (TPSA) is 81.8 Å². The van der Waals surface area contributed by atoms with E-state index in [2.05, 4.69) is 10.6 Å². The highest BCUT2D eigenvalue weighted by Crippen LogP contribution is 2.34. The number of para-hydroxylation sites is 2. The van der Waals surface area contributed by atoms with Crippen molar-refractivity contribution in [1.82, 2.24) is 9.80 Å². The standard InChI is InChI=1S/C22H24ClF3N4O3/c1-3-30(13-20(32)27-17-10-6-4-8-15(17)22(24,25)26)14-21(33)29(2)12-19(31)28-18-11-7-5-9-16(18)23/h4-11H,3,12-14H2,1-2H3,(H,27,32)(H,28,31). The number of anilines is 2. The molecule has 2 rings (SSSR count). The smallest absolute Gasteiger partial charge is 0.335 e. The molecule has 11 heteroatoms. The molecule has 0 spiro atoms. The maximum absolute atomic E-state index is 13.1. The van der Waals surface area contributed by atoms with Crippen LogP contribution in [0, 0.1) is 0 Å². The van der Waals surface area contributed by atoms with Gasteiger partial charge in [-0.3, -0.25) is 19.3 Å². The Morgan fingerprint density at radius 2 is 1.42 bits per heavy atom. The van der Waals surface area contributed by atoms with Gasteiger partial charge in [-0.1, -0.05) is 42.8 Å². The summed E-state index contributed by atoms with van der Waals surface area (Å²) >= 11 is 5.99. The number of hydrogen-bond acceptors (Lipinski definition) is 4. The summed E-state index contributed by atoms with van der Waals surface area (Å²) < 4.78 is 39.3. The number of amides is 3. The molecule has 2 aromatic carbocycles. The molecule has 0 fully saturated rings. The molecule has 2 aromatic rings. The van der Waals surface area contributed by atoms with Gasteiger partial charge >= 0.3 is 6.18 Å². The average molecular weight is 485 g/mol. The van der Waals surface area contributed by atoms with Crippen molar-refractivity contribution < 1.29 is 27.6 Å². The van der Waals surface area contributed by atoms with Gasteiger partial charge < -0.3 is 15.5 Å². The highest BCUT2D eigenvalue weighted by Gasteiger charge is 2.33. The lowest BCUT2D eigenvalue weighted by molar-refractivity contribution is -0.137. The van der Waals surface area contributed by atoms with Crippen LogP contribution in [0.1, 0.15) is 12.5 Å². The van der Waals surface area contributed by atoms with Gasteiger partial charge in [-0.2, -0.15) is 13.2 Å². The maximum atomic E-state index is 13.1. The first-order chi connectivity index (χ1) is 15.5. The number of likely N-dealkylation sites (N-methyl/N-ethyl adjacent to an activating group) is 2. The Balaban J connectivity index is 1.90. The van der Waals surface area contributed by atoms with E-state index in [4.69, 9.17) is 11.6 Å². The fraction of sp³-hybridized carbons (Fsp3) is 0.318.